The maximum Gasteiger partial charge on any atom is 0.340 e. The number of aliphatic hydroxyl groups is 2. The Hall–Kier alpha value is -2.87. The van der Waals surface area contributed by atoms with Gasteiger partial charge < -0.3 is 29.6 Å². The predicted octanol–water partition coefficient (Wildman–Crippen LogP) is 2.50. The Morgan fingerprint density at radius 3 is 2.68 bits per heavy atom. The minimum Gasteiger partial charge on any atom is -0.491 e. The molecule has 3 rings (SSSR count). The third-order valence-corrected chi connectivity index (χ3v) is 5.07. The SMILES string of the molecule is CCOC(=O)c1c(C)n(Cc2ccccc2)c2ccc(OC[C@H](O)CNCCO)cc12. The van der Waals surface area contributed by atoms with Crippen molar-refractivity contribution in [3.63, 3.8) is 0 Å². The van der Waals surface area contributed by atoms with Gasteiger partial charge in [0, 0.05) is 36.2 Å². The van der Waals surface area contributed by atoms with Crippen LogP contribution in [-0.2, 0) is 11.3 Å². The van der Waals surface area contributed by atoms with Gasteiger partial charge in [-0.05, 0) is 37.6 Å². The summed E-state index contributed by atoms with van der Waals surface area (Å²) in [5.74, 6) is 0.207. The van der Waals surface area contributed by atoms with Crippen LogP contribution in [0.4, 0.5) is 0 Å². The molecule has 0 saturated heterocycles. The summed E-state index contributed by atoms with van der Waals surface area (Å²) in [5, 5.41) is 22.5. The molecule has 1 aromatic heterocycles. The summed E-state index contributed by atoms with van der Waals surface area (Å²) >= 11 is 0. The average molecular weight is 427 g/mol. The van der Waals surface area contributed by atoms with Gasteiger partial charge in [-0.15, -0.1) is 0 Å². The van der Waals surface area contributed by atoms with E-state index in [0.717, 1.165) is 22.2 Å². The fourth-order valence-corrected chi connectivity index (χ4v) is 3.58. The largest absolute Gasteiger partial charge is 0.491 e. The van der Waals surface area contributed by atoms with Crippen LogP contribution in [-0.4, -0.2) is 59.8 Å². The lowest BCUT2D eigenvalue weighted by molar-refractivity contribution is 0.0527. The van der Waals surface area contributed by atoms with Crippen molar-refractivity contribution in [1.29, 1.82) is 0 Å². The number of ether oxygens (including phenoxy) is 2. The fourth-order valence-electron chi connectivity index (χ4n) is 3.58. The maximum absolute atomic E-state index is 12.7. The lowest BCUT2D eigenvalue weighted by Crippen LogP contribution is -2.32. The molecule has 0 aliphatic carbocycles. The fraction of sp³-hybridized carbons (Fsp3) is 0.375. The zero-order valence-corrected chi connectivity index (χ0v) is 18.0. The number of nitrogens with one attached hydrogen (secondary N) is 1. The second-order valence-electron chi connectivity index (χ2n) is 7.32. The van der Waals surface area contributed by atoms with Gasteiger partial charge in [-0.1, -0.05) is 30.3 Å². The molecule has 1 heterocycles. The molecule has 31 heavy (non-hydrogen) atoms. The molecule has 0 unspecified atom stereocenters. The molecule has 0 bridgehead atoms. The molecular formula is C24H30N2O5. The smallest absolute Gasteiger partial charge is 0.340 e. The Morgan fingerprint density at radius 1 is 1.19 bits per heavy atom. The third-order valence-electron chi connectivity index (χ3n) is 5.07. The number of aliphatic hydroxyl groups excluding tert-OH is 2. The van der Waals surface area contributed by atoms with Gasteiger partial charge in [0.25, 0.3) is 0 Å². The molecule has 0 radical (unpaired) electrons. The topological polar surface area (TPSA) is 93.0 Å². The Balaban J connectivity index is 1.90. The van der Waals surface area contributed by atoms with Crippen molar-refractivity contribution >= 4 is 16.9 Å². The molecule has 0 aliphatic heterocycles. The molecule has 7 nitrogen and oxygen atoms in total. The first-order valence-corrected chi connectivity index (χ1v) is 10.5. The van der Waals surface area contributed by atoms with E-state index < -0.39 is 6.10 Å². The predicted molar refractivity (Wildman–Crippen MR) is 120 cm³/mol. The first-order valence-electron chi connectivity index (χ1n) is 10.5. The lowest BCUT2D eigenvalue weighted by Gasteiger charge is -2.13. The van der Waals surface area contributed by atoms with Crippen molar-refractivity contribution in [2.75, 3.05) is 32.9 Å². The minimum atomic E-state index is -0.712. The summed E-state index contributed by atoms with van der Waals surface area (Å²) in [6, 6.07) is 15.7. The van der Waals surface area contributed by atoms with Crippen molar-refractivity contribution in [1.82, 2.24) is 9.88 Å². The first-order chi connectivity index (χ1) is 15.0. The van der Waals surface area contributed by atoms with Crippen molar-refractivity contribution in [2.45, 2.75) is 26.5 Å². The van der Waals surface area contributed by atoms with Gasteiger partial charge in [-0.2, -0.15) is 0 Å². The van der Waals surface area contributed by atoms with Gasteiger partial charge in [0.2, 0.25) is 0 Å². The van der Waals surface area contributed by atoms with Gasteiger partial charge in [-0.3, -0.25) is 0 Å². The molecule has 3 aromatic rings. The van der Waals surface area contributed by atoms with Gasteiger partial charge >= 0.3 is 5.97 Å². The standard InChI is InChI=1S/C24H30N2O5/c1-3-30-24(29)23-17(2)26(15-18-7-5-4-6-8-18)22-10-9-20(13-21(22)23)31-16-19(28)14-25-11-12-27/h4-10,13,19,25,27-28H,3,11-12,14-16H2,1-2H3/t19-/m1/s1. The highest BCUT2D eigenvalue weighted by Crippen LogP contribution is 2.31. The molecule has 166 valence electrons. The van der Waals surface area contributed by atoms with E-state index >= 15 is 0 Å². The first kappa shape index (κ1) is 22.8. The van der Waals surface area contributed by atoms with Crippen LogP contribution >= 0.6 is 0 Å². The highest BCUT2D eigenvalue weighted by molar-refractivity contribution is 6.06. The van der Waals surface area contributed by atoms with Crippen LogP contribution in [0.1, 0.15) is 28.5 Å². The minimum absolute atomic E-state index is 0.0141. The number of nitrogens with zero attached hydrogens (tertiary/aromatic N) is 1. The second-order valence-corrected chi connectivity index (χ2v) is 7.32. The van der Waals surface area contributed by atoms with Crippen LogP contribution in [0.15, 0.2) is 48.5 Å². The molecule has 7 heteroatoms. The van der Waals surface area contributed by atoms with E-state index in [-0.39, 0.29) is 19.2 Å². The number of carbonyl (C=O) groups excluding carboxylic acids is 1. The number of esters is 1. The van der Waals surface area contributed by atoms with Gasteiger partial charge in [0.15, 0.2) is 0 Å². The molecule has 0 spiro atoms. The molecular weight excluding hydrogens is 396 g/mol. The van der Waals surface area contributed by atoms with Gasteiger partial charge in [0.05, 0.1) is 18.8 Å². The number of hydrogen-bond donors (Lipinski definition) is 3. The Kier molecular flexibility index (Phi) is 8.06. The summed E-state index contributed by atoms with van der Waals surface area (Å²) in [5.41, 5.74) is 3.42. The zero-order valence-electron chi connectivity index (χ0n) is 18.0. The van der Waals surface area contributed by atoms with Gasteiger partial charge in [0.1, 0.15) is 18.5 Å². The van der Waals surface area contributed by atoms with Crippen molar-refractivity contribution < 1.29 is 24.5 Å². The third kappa shape index (κ3) is 5.64. The summed E-state index contributed by atoms with van der Waals surface area (Å²) in [6.45, 7) is 5.50. The van der Waals surface area contributed by atoms with E-state index in [2.05, 4.69) is 22.0 Å². The Labute approximate surface area is 182 Å². The molecule has 1 atom stereocenters. The number of benzene rings is 2. The van der Waals surface area contributed by atoms with E-state index in [1.807, 2.05) is 43.3 Å². The number of hydrogen-bond acceptors (Lipinski definition) is 6. The molecule has 0 amide bonds. The zero-order chi connectivity index (χ0) is 22.2. The normalized spacial score (nSPS) is 12.1. The average Bonchev–Trinajstić information content (AvgIpc) is 3.04. The van der Waals surface area contributed by atoms with Crippen molar-refractivity contribution in [3.8, 4) is 5.75 Å². The van der Waals surface area contributed by atoms with Crippen LogP contribution in [0, 0.1) is 6.92 Å². The quantitative estimate of drug-likeness (QED) is 0.322. The second kappa shape index (κ2) is 10.9. The summed E-state index contributed by atoms with van der Waals surface area (Å²) < 4.78 is 13.2. The molecule has 3 N–H and O–H groups in total. The molecule has 0 fully saturated rings. The van der Waals surface area contributed by atoms with E-state index in [0.29, 0.717) is 37.6 Å². The van der Waals surface area contributed by atoms with Crippen LogP contribution < -0.4 is 10.1 Å². The molecule has 2 aromatic carbocycles. The highest BCUT2D eigenvalue weighted by atomic mass is 16.5. The summed E-state index contributed by atoms with van der Waals surface area (Å²) in [4.78, 5) is 12.7. The number of carbonyl (C=O) groups is 1. The van der Waals surface area contributed by atoms with Crippen LogP contribution in [0.5, 0.6) is 5.75 Å². The molecule has 0 saturated carbocycles. The number of rotatable bonds is 11. The Morgan fingerprint density at radius 2 is 1.97 bits per heavy atom. The summed E-state index contributed by atoms with van der Waals surface area (Å²) in [6.07, 6.45) is -0.712. The van der Waals surface area contributed by atoms with E-state index in [1.165, 1.54) is 0 Å². The van der Waals surface area contributed by atoms with E-state index in [9.17, 15) is 9.90 Å². The maximum atomic E-state index is 12.7. The van der Waals surface area contributed by atoms with Crippen LogP contribution in [0.3, 0.4) is 0 Å². The Bertz CT molecular complexity index is 1000. The summed E-state index contributed by atoms with van der Waals surface area (Å²) in [7, 11) is 0. The van der Waals surface area contributed by atoms with Crippen molar-refractivity contribution in [2.24, 2.45) is 0 Å². The van der Waals surface area contributed by atoms with E-state index in [4.69, 9.17) is 14.6 Å². The van der Waals surface area contributed by atoms with Crippen LogP contribution in [0.25, 0.3) is 10.9 Å². The number of fused-ring (bicyclic) bond motifs is 1. The molecule has 0 aliphatic rings. The van der Waals surface area contributed by atoms with E-state index in [1.54, 1.807) is 6.92 Å². The monoisotopic (exact) mass is 426 g/mol. The highest BCUT2D eigenvalue weighted by Gasteiger charge is 2.22. The van der Waals surface area contributed by atoms with Crippen LogP contribution in [0.2, 0.25) is 0 Å². The lowest BCUT2D eigenvalue weighted by atomic mass is 10.1. The van der Waals surface area contributed by atoms with Gasteiger partial charge in [-0.25, -0.2) is 4.79 Å². The van der Waals surface area contributed by atoms with Crippen molar-refractivity contribution in [3.05, 3.63) is 65.4 Å². The number of aromatic nitrogens is 1.